The van der Waals surface area contributed by atoms with Gasteiger partial charge in [0.15, 0.2) is 0 Å². The number of benzene rings is 2. The summed E-state index contributed by atoms with van der Waals surface area (Å²) in [6.07, 6.45) is 0. The number of urea groups is 1. The molecule has 148 valence electrons. The number of amides is 2. The Morgan fingerprint density at radius 3 is 2.57 bits per heavy atom. The zero-order chi connectivity index (χ0) is 20.3. The summed E-state index contributed by atoms with van der Waals surface area (Å²) >= 11 is 0. The van der Waals surface area contributed by atoms with Crippen molar-refractivity contribution < 1.29 is 9.53 Å². The highest BCUT2D eigenvalue weighted by molar-refractivity contribution is 5.95. The average molecular weight is 380 g/mol. The third-order valence-corrected chi connectivity index (χ3v) is 4.82. The number of nitrogens with zero attached hydrogens (tertiary/aromatic N) is 1. The van der Waals surface area contributed by atoms with Gasteiger partial charge in [-0.15, -0.1) is 0 Å². The molecule has 5 heteroatoms. The highest BCUT2D eigenvalue weighted by Gasteiger charge is 2.20. The number of rotatable bonds is 5. The summed E-state index contributed by atoms with van der Waals surface area (Å²) in [6, 6.07) is 15.9. The number of carbonyl (C=O) groups is 1. The van der Waals surface area contributed by atoms with Crippen LogP contribution in [0.1, 0.15) is 39.0 Å². The lowest BCUT2D eigenvalue weighted by molar-refractivity contribution is 0.246. The Bertz CT molecular complexity index is 969. The molecule has 0 aliphatic rings. The van der Waals surface area contributed by atoms with Gasteiger partial charge in [0, 0.05) is 39.8 Å². The number of methoxy groups -OCH3 is 1. The van der Waals surface area contributed by atoms with Gasteiger partial charge in [0.25, 0.3) is 0 Å². The highest BCUT2D eigenvalue weighted by atomic mass is 16.5. The Morgan fingerprint density at radius 2 is 1.89 bits per heavy atom. The molecule has 0 atom stereocenters. The summed E-state index contributed by atoms with van der Waals surface area (Å²) in [5, 5.41) is 4.01. The molecule has 0 saturated heterocycles. The first-order valence-corrected chi connectivity index (χ1v) is 9.64. The Morgan fingerprint density at radius 1 is 1.14 bits per heavy atom. The molecule has 0 unspecified atom stereocenters. The van der Waals surface area contributed by atoms with Gasteiger partial charge in [0.05, 0.1) is 13.7 Å². The Hall–Kier alpha value is -2.95. The predicted octanol–water partition coefficient (Wildman–Crippen LogP) is 5.21. The number of fused-ring (bicyclic) bond motifs is 1. The van der Waals surface area contributed by atoms with E-state index in [0.717, 1.165) is 27.9 Å². The van der Waals surface area contributed by atoms with E-state index >= 15 is 0 Å². The van der Waals surface area contributed by atoms with Crippen LogP contribution in [0.4, 0.5) is 10.5 Å². The van der Waals surface area contributed by atoms with Gasteiger partial charge in [-0.05, 0) is 37.3 Å². The third kappa shape index (κ3) is 4.14. The molecular weight excluding hydrogens is 350 g/mol. The first kappa shape index (κ1) is 19.8. The lowest BCUT2D eigenvalue weighted by Crippen LogP contribution is -2.39. The molecular formula is C23H29N3O2. The van der Waals surface area contributed by atoms with Crippen LogP contribution in [0.25, 0.3) is 10.9 Å². The van der Waals surface area contributed by atoms with Crippen LogP contribution in [0.5, 0.6) is 5.75 Å². The van der Waals surface area contributed by atoms with E-state index in [0.29, 0.717) is 13.1 Å². The average Bonchev–Trinajstić information content (AvgIpc) is 3.10. The summed E-state index contributed by atoms with van der Waals surface area (Å²) in [7, 11) is 1.65. The number of ether oxygens (including phenoxy) is 1. The number of carbonyl (C=O) groups excluding carboxylic acids is 1. The van der Waals surface area contributed by atoms with Crippen molar-refractivity contribution in [3.63, 3.8) is 0 Å². The zero-order valence-corrected chi connectivity index (χ0v) is 17.3. The smallest absolute Gasteiger partial charge is 0.322 e. The molecule has 1 aromatic heterocycles. The van der Waals surface area contributed by atoms with E-state index in [1.807, 2.05) is 43.3 Å². The van der Waals surface area contributed by atoms with E-state index in [4.69, 9.17) is 4.74 Å². The SMILES string of the molecule is CCNC(=O)N(Cc1ccccc1OC)c1ccc2[nH]c(C(C)(C)C)cc2c1. The molecule has 2 amide bonds. The van der Waals surface area contributed by atoms with Gasteiger partial charge in [-0.2, -0.15) is 0 Å². The molecule has 0 saturated carbocycles. The topological polar surface area (TPSA) is 57.4 Å². The molecule has 5 nitrogen and oxygen atoms in total. The number of aromatic nitrogens is 1. The molecule has 0 bridgehead atoms. The first-order chi connectivity index (χ1) is 13.3. The summed E-state index contributed by atoms with van der Waals surface area (Å²) in [5.74, 6) is 0.773. The van der Waals surface area contributed by atoms with Crippen molar-refractivity contribution in [2.75, 3.05) is 18.6 Å². The van der Waals surface area contributed by atoms with Crippen molar-refractivity contribution in [1.82, 2.24) is 10.3 Å². The van der Waals surface area contributed by atoms with Crippen LogP contribution in [-0.2, 0) is 12.0 Å². The van der Waals surface area contributed by atoms with Gasteiger partial charge in [-0.25, -0.2) is 4.79 Å². The molecule has 0 fully saturated rings. The highest BCUT2D eigenvalue weighted by Crippen LogP contribution is 2.30. The minimum Gasteiger partial charge on any atom is -0.496 e. The van der Waals surface area contributed by atoms with E-state index in [2.05, 4.69) is 43.2 Å². The van der Waals surface area contributed by atoms with E-state index in [-0.39, 0.29) is 11.4 Å². The normalized spacial score (nSPS) is 11.5. The number of nitrogens with one attached hydrogen (secondary N) is 2. The fourth-order valence-corrected chi connectivity index (χ4v) is 3.22. The van der Waals surface area contributed by atoms with Gasteiger partial charge in [0.2, 0.25) is 0 Å². The maximum atomic E-state index is 12.8. The number of para-hydroxylation sites is 1. The standard InChI is InChI=1S/C23H29N3O2/c1-6-24-22(27)26(15-16-9-7-8-10-20(16)28-5)18-11-12-19-17(13-18)14-21(25-19)23(2,3)4/h7-14,25H,6,15H2,1-5H3,(H,24,27). The molecule has 0 aliphatic carbocycles. The molecule has 2 N–H and O–H groups in total. The van der Waals surface area contributed by atoms with Crippen molar-refractivity contribution in [2.45, 2.75) is 39.7 Å². The van der Waals surface area contributed by atoms with Crippen LogP contribution >= 0.6 is 0 Å². The summed E-state index contributed by atoms with van der Waals surface area (Å²) in [4.78, 5) is 18.1. The summed E-state index contributed by atoms with van der Waals surface area (Å²) in [5.41, 5.74) is 4.09. The second-order valence-electron chi connectivity index (χ2n) is 7.94. The summed E-state index contributed by atoms with van der Waals surface area (Å²) < 4.78 is 5.47. The van der Waals surface area contributed by atoms with Gasteiger partial charge >= 0.3 is 6.03 Å². The van der Waals surface area contributed by atoms with Crippen molar-refractivity contribution in [1.29, 1.82) is 0 Å². The zero-order valence-electron chi connectivity index (χ0n) is 17.3. The van der Waals surface area contributed by atoms with Crippen molar-refractivity contribution in [3.8, 4) is 5.75 Å². The van der Waals surface area contributed by atoms with Crippen molar-refractivity contribution in [3.05, 3.63) is 59.8 Å². The van der Waals surface area contributed by atoms with Crippen LogP contribution < -0.4 is 15.0 Å². The molecule has 0 radical (unpaired) electrons. The number of hydrogen-bond acceptors (Lipinski definition) is 2. The number of H-pyrrole nitrogens is 1. The molecule has 1 heterocycles. The van der Waals surface area contributed by atoms with E-state index in [1.54, 1.807) is 12.0 Å². The Kier molecular flexibility index (Phi) is 5.63. The van der Waals surface area contributed by atoms with Crippen LogP contribution in [0, 0.1) is 0 Å². The van der Waals surface area contributed by atoms with Crippen molar-refractivity contribution in [2.24, 2.45) is 0 Å². The van der Waals surface area contributed by atoms with Gasteiger partial charge < -0.3 is 15.0 Å². The fraction of sp³-hybridized carbons (Fsp3) is 0.348. The number of hydrogen-bond donors (Lipinski definition) is 2. The lowest BCUT2D eigenvalue weighted by Gasteiger charge is -2.24. The van der Waals surface area contributed by atoms with Crippen LogP contribution in [0.2, 0.25) is 0 Å². The second kappa shape index (κ2) is 7.97. The Balaban J connectivity index is 2.01. The maximum Gasteiger partial charge on any atom is 0.322 e. The maximum absolute atomic E-state index is 12.8. The van der Waals surface area contributed by atoms with Crippen molar-refractivity contribution >= 4 is 22.6 Å². The van der Waals surface area contributed by atoms with Gasteiger partial charge in [0.1, 0.15) is 5.75 Å². The van der Waals surface area contributed by atoms with Gasteiger partial charge in [-0.3, -0.25) is 4.90 Å². The molecule has 3 aromatic rings. The van der Waals surface area contributed by atoms with Crippen LogP contribution in [0.15, 0.2) is 48.5 Å². The van der Waals surface area contributed by atoms with E-state index in [1.165, 1.54) is 5.69 Å². The lowest BCUT2D eigenvalue weighted by atomic mass is 9.92. The first-order valence-electron chi connectivity index (χ1n) is 9.64. The largest absolute Gasteiger partial charge is 0.496 e. The minimum atomic E-state index is -0.126. The summed E-state index contributed by atoms with van der Waals surface area (Å²) in [6.45, 7) is 9.47. The predicted molar refractivity (Wildman–Crippen MR) is 115 cm³/mol. The molecule has 2 aromatic carbocycles. The molecule has 0 aliphatic heterocycles. The second-order valence-corrected chi connectivity index (χ2v) is 7.94. The number of anilines is 1. The molecule has 28 heavy (non-hydrogen) atoms. The van der Waals surface area contributed by atoms with Crippen LogP contribution in [0.3, 0.4) is 0 Å². The third-order valence-electron chi connectivity index (χ3n) is 4.82. The van der Waals surface area contributed by atoms with Gasteiger partial charge in [-0.1, -0.05) is 39.0 Å². The minimum absolute atomic E-state index is 0.0376. The van der Waals surface area contributed by atoms with E-state index < -0.39 is 0 Å². The number of aromatic amines is 1. The quantitative estimate of drug-likeness (QED) is 0.639. The fourth-order valence-electron chi connectivity index (χ4n) is 3.22. The molecule has 0 spiro atoms. The monoisotopic (exact) mass is 379 g/mol. The Labute approximate surface area is 166 Å². The molecule has 3 rings (SSSR count). The van der Waals surface area contributed by atoms with Crippen LogP contribution in [-0.4, -0.2) is 24.7 Å². The van der Waals surface area contributed by atoms with E-state index in [9.17, 15) is 4.79 Å².